The molecule has 5 nitrogen and oxygen atoms in total. The number of benzene rings is 1. The zero-order valence-corrected chi connectivity index (χ0v) is 10.3. The highest BCUT2D eigenvalue weighted by Gasteiger charge is 2.07. The predicted octanol–water partition coefficient (Wildman–Crippen LogP) is 1.79. The molecule has 0 saturated carbocycles. The number of carbonyl (C=O) groups is 1. The van der Waals surface area contributed by atoms with Gasteiger partial charge in [0.25, 0.3) is 5.91 Å². The van der Waals surface area contributed by atoms with Gasteiger partial charge in [0.2, 0.25) is 0 Å². The van der Waals surface area contributed by atoms with Crippen molar-refractivity contribution in [3.8, 4) is 0 Å². The van der Waals surface area contributed by atoms with E-state index in [2.05, 4.69) is 15.3 Å². The Balaban J connectivity index is 2.15. The van der Waals surface area contributed by atoms with E-state index in [0.717, 1.165) is 11.4 Å². The number of amides is 1. The van der Waals surface area contributed by atoms with Crippen LogP contribution in [0, 0.1) is 0 Å². The van der Waals surface area contributed by atoms with Crippen LogP contribution < -0.4 is 10.2 Å². The standard InChI is InChI=1S/C13H14N4O/c1-17(2)11-5-3-4-10(8-11)16-13(18)12-6-7-14-9-15-12/h3-9H,1-2H3,(H,16,18). The van der Waals surface area contributed by atoms with Crippen LogP contribution in [0.15, 0.2) is 42.9 Å². The van der Waals surface area contributed by atoms with E-state index in [-0.39, 0.29) is 5.91 Å². The summed E-state index contributed by atoms with van der Waals surface area (Å²) in [7, 11) is 3.90. The van der Waals surface area contributed by atoms with E-state index in [0.29, 0.717) is 5.69 Å². The molecular weight excluding hydrogens is 228 g/mol. The normalized spacial score (nSPS) is 9.89. The van der Waals surface area contributed by atoms with Gasteiger partial charge in [0.1, 0.15) is 12.0 Å². The van der Waals surface area contributed by atoms with E-state index < -0.39 is 0 Å². The summed E-state index contributed by atoms with van der Waals surface area (Å²) >= 11 is 0. The molecular formula is C13H14N4O. The number of carbonyl (C=O) groups excluding carboxylic acids is 1. The zero-order valence-electron chi connectivity index (χ0n) is 10.3. The third kappa shape index (κ3) is 2.82. The molecule has 0 saturated heterocycles. The third-order valence-corrected chi connectivity index (χ3v) is 2.44. The van der Waals surface area contributed by atoms with Crippen molar-refractivity contribution >= 4 is 17.3 Å². The predicted molar refractivity (Wildman–Crippen MR) is 70.8 cm³/mol. The molecule has 0 atom stereocenters. The maximum atomic E-state index is 11.9. The topological polar surface area (TPSA) is 58.1 Å². The van der Waals surface area contributed by atoms with Crippen molar-refractivity contribution in [1.82, 2.24) is 9.97 Å². The lowest BCUT2D eigenvalue weighted by atomic mass is 10.2. The molecule has 92 valence electrons. The van der Waals surface area contributed by atoms with Crippen LogP contribution in [0.3, 0.4) is 0 Å². The Bertz CT molecular complexity index is 540. The molecule has 0 aliphatic rings. The van der Waals surface area contributed by atoms with Crippen molar-refractivity contribution in [2.24, 2.45) is 0 Å². The fourth-order valence-corrected chi connectivity index (χ4v) is 1.48. The van der Waals surface area contributed by atoms with Crippen molar-refractivity contribution in [2.45, 2.75) is 0 Å². The fraction of sp³-hybridized carbons (Fsp3) is 0.154. The highest BCUT2D eigenvalue weighted by Crippen LogP contribution is 2.17. The van der Waals surface area contributed by atoms with Gasteiger partial charge in [-0.25, -0.2) is 9.97 Å². The second-order valence-corrected chi connectivity index (χ2v) is 3.99. The maximum Gasteiger partial charge on any atom is 0.274 e. The lowest BCUT2D eigenvalue weighted by molar-refractivity contribution is 0.102. The first-order chi connectivity index (χ1) is 8.66. The minimum Gasteiger partial charge on any atom is -0.378 e. The molecule has 18 heavy (non-hydrogen) atoms. The van der Waals surface area contributed by atoms with Crippen molar-refractivity contribution in [3.05, 3.63) is 48.5 Å². The summed E-state index contributed by atoms with van der Waals surface area (Å²) in [6, 6.07) is 9.18. The minimum atomic E-state index is -0.242. The first kappa shape index (κ1) is 12.0. The molecule has 1 N–H and O–H groups in total. The second-order valence-electron chi connectivity index (χ2n) is 3.99. The number of hydrogen-bond acceptors (Lipinski definition) is 4. The van der Waals surface area contributed by atoms with Crippen LogP contribution >= 0.6 is 0 Å². The summed E-state index contributed by atoms with van der Waals surface area (Å²) in [6.07, 6.45) is 2.89. The fourth-order valence-electron chi connectivity index (χ4n) is 1.48. The molecule has 0 spiro atoms. The van der Waals surface area contributed by atoms with Crippen LogP contribution in [-0.2, 0) is 0 Å². The molecule has 5 heteroatoms. The van der Waals surface area contributed by atoms with Gasteiger partial charge in [-0.1, -0.05) is 6.07 Å². The molecule has 2 aromatic rings. The van der Waals surface area contributed by atoms with Crippen molar-refractivity contribution in [1.29, 1.82) is 0 Å². The highest BCUT2D eigenvalue weighted by atomic mass is 16.1. The zero-order chi connectivity index (χ0) is 13.0. The van der Waals surface area contributed by atoms with E-state index in [9.17, 15) is 4.79 Å². The van der Waals surface area contributed by atoms with Crippen LogP contribution in [0.2, 0.25) is 0 Å². The quantitative estimate of drug-likeness (QED) is 0.891. The number of hydrogen-bond donors (Lipinski definition) is 1. The van der Waals surface area contributed by atoms with Crippen LogP contribution in [0.1, 0.15) is 10.5 Å². The number of anilines is 2. The summed E-state index contributed by atoms with van der Waals surface area (Å²) in [5.41, 5.74) is 2.11. The molecule has 1 aromatic heterocycles. The molecule has 0 bridgehead atoms. The number of nitrogens with one attached hydrogen (secondary N) is 1. The monoisotopic (exact) mass is 242 g/mol. The highest BCUT2D eigenvalue weighted by molar-refractivity contribution is 6.02. The molecule has 0 aliphatic carbocycles. The second kappa shape index (κ2) is 5.27. The van der Waals surface area contributed by atoms with Gasteiger partial charge in [-0.2, -0.15) is 0 Å². The number of nitrogens with zero attached hydrogens (tertiary/aromatic N) is 3. The minimum absolute atomic E-state index is 0.242. The SMILES string of the molecule is CN(C)c1cccc(NC(=O)c2ccncn2)c1. The number of aromatic nitrogens is 2. The first-order valence-corrected chi connectivity index (χ1v) is 5.51. The summed E-state index contributed by atoms with van der Waals surface area (Å²) in [4.78, 5) is 21.5. The summed E-state index contributed by atoms with van der Waals surface area (Å²) in [5, 5.41) is 2.80. The smallest absolute Gasteiger partial charge is 0.274 e. The van der Waals surface area contributed by atoms with Gasteiger partial charge < -0.3 is 10.2 Å². The van der Waals surface area contributed by atoms with Crippen LogP contribution in [0.25, 0.3) is 0 Å². The van der Waals surface area contributed by atoms with E-state index in [1.54, 1.807) is 6.07 Å². The Morgan fingerprint density at radius 2 is 2.11 bits per heavy atom. The Morgan fingerprint density at radius 1 is 1.28 bits per heavy atom. The lowest BCUT2D eigenvalue weighted by Gasteiger charge is -2.13. The van der Waals surface area contributed by atoms with E-state index >= 15 is 0 Å². The van der Waals surface area contributed by atoms with Gasteiger partial charge in [0.05, 0.1) is 0 Å². The number of rotatable bonds is 3. The summed E-state index contributed by atoms with van der Waals surface area (Å²) < 4.78 is 0. The van der Waals surface area contributed by atoms with Gasteiger partial charge in [-0.3, -0.25) is 4.79 Å². The molecule has 1 amide bonds. The Kier molecular flexibility index (Phi) is 3.52. The van der Waals surface area contributed by atoms with Crippen LogP contribution in [0.4, 0.5) is 11.4 Å². The molecule has 0 radical (unpaired) electrons. The van der Waals surface area contributed by atoms with Gasteiger partial charge in [-0.05, 0) is 24.3 Å². The van der Waals surface area contributed by atoms with E-state index in [1.165, 1.54) is 12.5 Å². The van der Waals surface area contributed by atoms with Crippen molar-refractivity contribution < 1.29 is 4.79 Å². The van der Waals surface area contributed by atoms with Crippen LogP contribution in [-0.4, -0.2) is 30.0 Å². The van der Waals surface area contributed by atoms with Gasteiger partial charge >= 0.3 is 0 Å². The largest absolute Gasteiger partial charge is 0.378 e. The van der Waals surface area contributed by atoms with Gasteiger partial charge in [0.15, 0.2) is 0 Å². The van der Waals surface area contributed by atoms with Crippen molar-refractivity contribution in [2.75, 3.05) is 24.3 Å². The van der Waals surface area contributed by atoms with E-state index in [4.69, 9.17) is 0 Å². The average molecular weight is 242 g/mol. The maximum absolute atomic E-state index is 11.9. The average Bonchev–Trinajstić information content (AvgIpc) is 2.40. The Labute approximate surface area is 105 Å². The Hall–Kier alpha value is -2.43. The molecule has 0 aliphatic heterocycles. The molecule has 0 unspecified atom stereocenters. The van der Waals surface area contributed by atoms with E-state index in [1.807, 2.05) is 43.3 Å². The first-order valence-electron chi connectivity index (χ1n) is 5.51. The van der Waals surface area contributed by atoms with Gasteiger partial charge in [-0.15, -0.1) is 0 Å². The summed E-state index contributed by atoms with van der Waals surface area (Å²) in [5.74, 6) is -0.242. The Morgan fingerprint density at radius 3 is 2.78 bits per heavy atom. The summed E-state index contributed by atoms with van der Waals surface area (Å²) in [6.45, 7) is 0. The molecule has 1 heterocycles. The molecule has 1 aromatic carbocycles. The van der Waals surface area contributed by atoms with Crippen LogP contribution in [0.5, 0.6) is 0 Å². The molecule has 2 rings (SSSR count). The third-order valence-electron chi connectivity index (χ3n) is 2.44. The van der Waals surface area contributed by atoms with Gasteiger partial charge in [0, 0.05) is 31.7 Å². The lowest BCUT2D eigenvalue weighted by Crippen LogP contribution is -2.14. The van der Waals surface area contributed by atoms with Crippen molar-refractivity contribution in [3.63, 3.8) is 0 Å². The molecule has 0 fully saturated rings.